The number of carbonyl (C=O) groups is 1. The Labute approximate surface area is 49.8 Å². The number of aliphatic hydroxyl groups is 1. The van der Waals surface area contributed by atoms with E-state index in [0.717, 1.165) is 5.57 Å². The number of allylic oxidation sites excluding steroid dienone is 1. The van der Waals surface area contributed by atoms with E-state index in [-0.39, 0.29) is 6.61 Å². The average molecular weight is 116 g/mol. The molecular formula is C6H12O2. The van der Waals surface area contributed by atoms with Gasteiger partial charge in [-0.25, -0.2) is 0 Å². The normalized spacial score (nSPS) is 6.38. The predicted molar refractivity (Wildman–Crippen MR) is 33.6 cm³/mol. The Kier molecular flexibility index (Phi) is 12.5. The highest BCUT2D eigenvalue weighted by Crippen LogP contribution is 1.83. The molecule has 0 rings (SSSR count). The number of aliphatic hydroxyl groups excluding tert-OH is 1. The van der Waals surface area contributed by atoms with Crippen LogP contribution in [-0.2, 0) is 4.79 Å². The van der Waals surface area contributed by atoms with E-state index in [1.54, 1.807) is 6.08 Å². The summed E-state index contributed by atoms with van der Waals surface area (Å²) in [6.45, 7) is 6.08. The second-order valence-corrected chi connectivity index (χ2v) is 1.46. The molecule has 0 aromatic rings. The van der Waals surface area contributed by atoms with Crippen molar-refractivity contribution in [2.75, 3.05) is 6.61 Å². The molecule has 0 aromatic heterocycles. The van der Waals surface area contributed by atoms with Crippen LogP contribution < -0.4 is 0 Å². The van der Waals surface area contributed by atoms with E-state index >= 15 is 0 Å². The maximum Gasteiger partial charge on any atom is 0.106 e. The smallest absolute Gasteiger partial charge is 0.106 e. The molecule has 0 amide bonds. The molecule has 0 radical (unpaired) electrons. The summed E-state index contributed by atoms with van der Waals surface area (Å²) in [6.07, 6.45) is 1.76. The van der Waals surface area contributed by atoms with Gasteiger partial charge >= 0.3 is 0 Å². The SMILES string of the molecule is C=O.CC(C)=CCO. The molecular weight excluding hydrogens is 104 g/mol. The number of carbonyl (C=O) groups excluding carboxylic acids is 1. The molecule has 0 fully saturated rings. The molecule has 48 valence electrons. The van der Waals surface area contributed by atoms with Crippen molar-refractivity contribution in [1.29, 1.82) is 0 Å². The van der Waals surface area contributed by atoms with Crippen LogP contribution in [0.4, 0.5) is 0 Å². The van der Waals surface area contributed by atoms with Gasteiger partial charge in [0.25, 0.3) is 0 Å². The van der Waals surface area contributed by atoms with E-state index in [0.29, 0.717) is 0 Å². The first-order valence-corrected chi connectivity index (χ1v) is 2.30. The molecule has 0 saturated carbocycles. The summed E-state index contributed by atoms with van der Waals surface area (Å²) < 4.78 is 0. The molecule has 0 spiro atoms. The first kappa shape index (κ1) is 10.4. The average Bonchev–Trinajstić information content (AvgIpc) is 1.72. The summed E-state index contributed by atoms with van der Waals surface area (Å²) in [4.78, 5) is 8.00. The fourth-order valence-electron chi connectivity index (χ4n) is 0.183. The summed E-state index contributed by atoms with van der Waals surface area (Å²) in [5.41, 5.74) is 1.16. The van der Waals surface area contributed by atoms with Crippen molar-refractivity contribution in [3.05, 3.63) is 11.6 Å². The lowest BCUT2D eigenvalue weighted by Gasteiger charge is -1.80. The highest BCUT2D eigenvalue weighted by molar-refractivity contribution is 5.10. The molecule has 0 aliphatic heterocycles. The van der Waals surface area contributed by atoms with Crippen LogP contribution in [-0.4, -0.2) is 18.5 Å². The zero-order valence-corrected chi connectivity index (χ0v) is 5.35. The Balaban J connectivity index is 0. The first-order valence-electron chi connectivity index (χ1n) is 2.30. The van der Waals surface area contributed by atoms with Gasteiger partial charge in [0, 0.05) is 0 Å². The van der Waals surface area contributed by atoms with Crippen molar-refractivity contribution in [1.82, 2.24) is 0 Å². The summed E-state index contributed by atoms with van der Waals surface area (Å²) in [5.74, 6) is 0. The van der Waals surface area contributed by atoms with Crippen LogP contribution in [0.3, 0.4) is 0 Å². The quantitative estimate of drug-likeness (QED) is 0.513. The Morgan fingerprint density at radius 2 is 2.00 bits per heavy atom. The van der Waals surface area contributed by atoms with Crippen molar-refractivity contribution in [3.8, 4) is 0 Å². The zero-order chi connectivity index (χ0) is 6.99. The second-order valence-electron chi connectivity index (χ2n) is 1.46. The third kappa shape index (κ3) is 18.3. The lowest BCUT2D eigenvalue weighted by Crippen LogP contribution is -1.71. The zero-order valence-electron chi connectivity index (χ0n) is 5.35. The van der Waals surface area contributed by atoms with Gasteiger partial charge in [-0.1, -0.05) is 11.6 Å². The third-order valence-corrected chi connectivity index (χ3v) is 0.500. The Morgan fingerprint density at radius 1 is 1.62 bits per heavy atom. The maximum atomic E-state index is 8.16. The summed E-state index contributed by atoms with van der Waals surface area (Å²) in [6, 6.07) is 0. The Morgan fingerprint density at radius 3 is 2.00 bits per heavy atom. The van der Waals surface area contributed by atoms with Gasteiger partial charge in [0.15, 0.2) is 0 Å². The first-order chi connectivity index (χ1) is 3.77. The minimum Gasteiger partial charge on any atom is -0.392 e. The van der Waals surface area contributed by atoms with Crippen molar-refractivity contribution in [2.24, 2.45) is 0 Å². The van der Waals surface area contributed by atoms with Gasteiger partial charge in [0.2, 0.25) is 0 Å². The topological polar surface area (TPSA) is 37.3 Å². The molecule has 0 saturated heterocycles. The van der Waals surface area contributed by atoms with E-state index in [4.69, 9.17) is 9.90 Å². The number of rotatable bonds is 1. The van der Waals surface area contributed by atoms with E-state index in [1.165, 1.54) is 0 Å². The molecule has 2 nitrogen and oxygen atoms in total. The van der Waals surface area contributed by atoms with E-state index in [2.05, 4.69) is 0 Å². The van der Waals surface area contributed by atoms with E-state index in [9.17, 15) is 0 Å². The minimum absolute atomic E-state index is 0.169. The monoisotopic (exact) mass is 116 g/mol. The van der Waals surface area contributed by atoms with Gasteiger partial charge < -0.3 is 9.90 Å². The third-order valence-electron chi connectivity index (χ3n) is 0.500. The van der Waals surface area contributed by atoms with Gasteiger partial charge in [-0.3, -0.25) is 0 Å². The van der Waals surface area contributed by atoms with Crippen LogP contribution in [0.1, 0.15) is 13.8 Å². The molecule has 2 heteroatoms. The van der Waals surface area contributed by atoms with E-state index < -0.39 is 0 Å². The predicted octanol–water partition coefficient (Wildman–Crippen LogP) is 0.760. The Hall–Kier alpha value is -0.630. The van der Waals surface area contributed by atoms with Gasteiger partial charge in [0.1, 0.15) is 6.79 Å². The van der Waals surface area contributed by atoms with Crippen molar-refractivity contribution >= 4 is 6.79 Å². The maximum absolute atomic E-state index is 8.16. The molecule has 0 heterocycles. The molecule has 0 bridgehead atoms. The number of hydrogen-bond acceptors (Lipinski definition) is 2. The molecule has 0 aromatic carbocycles. The highest BCUT2D eigenvalue weighted by Gasteiger charge is 1.68. The van der Waals surface area contributed by atoms with Crippen molar-refractivity contribution < 1.29 is 9.90 Å². The molecule has 0 atom stereocenters. The van der Waals surface area contributed by atoms with Crippen LogP contribution >= 0.6 is 0 Å². The Bertz CT molecular complexity index is 62.9. The molecule has 0 aliphatic rings. The molecule has 1 N–H and O–H groups in total. The van der Waals surface area contributed by atoms with Crippen LogP contribution in [0.25, 0.3) is 0 Å². The lowest BCUT2D eigenvalue weighted by molar-refractivity contribution is -0.0979. The van der Waals surface area contributed by atoms with Crippen LogP contribution in [0.2, 0.25) is 0 Å². The fraction of sp³-hybridized carbons (Fsp3) is 0.500. The highest BCUT2D eigenvalue weighted by atomic mass is 16.2. The van der Waals surface area contributed by atoms with Crippen molar-refractivity contribution in [2.45, 2.75) is 13.8 Å². The van der Waals surface area contributed by atoms with E-state index in [1.807, 2.05) is 20.6 Å². The largest absolute Gasteiger partial charge is 0.392 e. The number of hydrogen-bond donors (Lipinski definition) is 1. The summed E-state index contributed by atoms with van der Waals surface area (Å²) in [7, 11) is 0. The van der Waals surface area contributed by atoms with Crippen LogP contribution in [0, 0.1) is 0 Å². The fourth-order valence-corrected chi connectivity index (χ4v) is 0.183. The summed E-state index contributed by atoms with van der Waals surface area (Å²) >= 11 is 0. The molecule has 0 aliphatic carbocycles. The van der Waals surface area contributed by atoms with Gasteiger partial charge in [0.05, 0.1) is 6.61 Å². The van der Waals surface area contributed by atoms with Gasteiger partial charge in [-0.2, -0.15) is 0 Å². The summed E-state index contributed by atoms with van der Waals surface area (Å²) in [5, 5.41) is 8.16. The van der Waals surface area contributed by atoms with Crippen molar-refractivity contribution in [3.63, 3.8) is 0 Å². The minimum atomic E-state index is 0.169. The molecule has 0 unspecified atom stereocenters. The standard InChI is InChI=1S/C5H10O.CH2O/c1-5(2)3-4-6;1-2/h3,6H,4H2,1-2H3;1H2. The van der Waals surface area contributed by atoms with Gasteiger partial charge in [-0.15, -0.1) is 0 Å². The van der Waals surface area contributed by atoms with Gasteiger partial charge in [-0.05, 0) is 13.8 Å². The van der Waals surface area contributed by atoms with Crippen LogP contribution in [0.15, 0.2) is 11.6 Å². The van der Waals surface area contributed by atoms with Crippen LogP contribution in [0.5, 0.6) is 0 Å². The second kappa shape index (κ2) is 9.62. The molecule has 8 heavy (non-hydrogen) atoms. The lowest BCUT2D eigenvalue weighted by atomic mass is 10.3.